The van der Waals surface area contributed by atoms with E-state index in [1.807, 2.05) is 47.6 Å². The van der Waals surface area contributed by atoms with E-state index in [4.69, 9.17) is 19.0 Å². The lowest BCUT2D eigenvalue weighted by Crippen LogP contribution is -2.25. The van der Waals surface area contributed by atoms with Crippen LogP contribution >= 0.6 is 8.60 Å². The lowest BCUT2D eigenvalue weighted by molar-refractivity contribution is -0.144. The second-order valence-electron chi connectivity index (χ2n) is 5.66. The summed E-state index contributed by atoms with van der Waals surface area (Å²) in [5.41, 5.74) is 2.15. The minimum Gasteiger partial charge on any atom is -0.466 e. The summed E-state index contributed by atoms with van der Waals surface area (Å²) >= 11 is 0. The molecule has 0 saturated heterocycles. The summed E-state index contributed by atoms with van der Waals surface area (Å²) < 4.78 is 10.2. The fourth-order valence-electron chi connectivity index (χ4n) is 2.62. The highest BCUT2D eigenvalue weighted by Crippen LogP contribution is 2.42. The van der Waals surface area contributed by atoms with Crippen LogP contribution in [0.25, 0.3) is 0 Å². The van der Waals surface area contributed by atoms with Crippen molar-refractivity contribution in [1.29, 1.82) is 0 Å². The van der Waals surface area contributed by atoms with Gasteiger partial charge in [0.25, 0.3) is 0 Å². The van der Waals surface area contributed by atoms with Crippen molar-refractivity contribution in [1.82, 2.24) is 0 Å². The number of benzene rings is 1. The summed E-state index contributed by atoms with van der Waals surface area (Å²) in [5, 5.41) is 0. The maximum Gasteiger partial charge on any atom is 0.391 e. The van der Waals surface area contributed by atoms with Crippen LogP contribution in [-0.4, -0.2) is 22.4 Å². The third-order valence-corrected chi connectivity index (χ3v) is 3.55. The van der Waals surface area contributed by atoms with E-state index < -0.39 is 14.0 Å². The molecule has 0 aliphatic carbocycles. The monoisotopic (exact) mass is 344 g/mol. The number of carbonyl (C=O) groups excluding carboxylic acids is 1. The maximum atomic E-state index is 11.8. The summed E-state index contributed by atoms with van der Waals surface area (Å²) in [6.07, 6.45) is 0.190. The molecule has 6 heteroatoms. The number of carbonyl (C=O) groups is 1. The molecule has 0 radical (unpaired) electrons. The van der Waals surface area contributed by atoms with Crippen molar-refractivity contribution >= 4 is 14.6 Å². The molecule has 0 atom stereocenters. The Balaban J connectivity index is 0.00000232. The van der Waals surface area contributed by atoms with Gasteiger partial charge in [0, 0.05) is 11.0 Å². The molecule has 2 N–H and O–H groups in total. The smallest absolute Gasteiger partial charge is 0.391 e. The number of aryl methyl sites for hydroxylation is 2. The molecule has 0 aliphatic heterocycles. The van der Waals surface area contributed by atoms with Gasteiger partial charge in [-0.15, -0.1) is 0 Å². The topological polar surface area (TPSA) is 76.0 Å². The Kier molecular flexibility index (Phi) is 9.37. The van der Waals surface area contributed by atoms with E-state index in [2.05, 4.69) is 0 Å². The van der Waals surface area contributed by atoms with E-state index in [0.717, 1.165) is 16.7 Å². The van der Waals surface area contributed by atoms with Gasteiger partial charge in [0.2, 0.25) is 0 Å². The molecule has 0 spiro atoms. The van der Waals surface area contributed by atoms with Gasteiger partial charge in [-0.2, -0.15) is 0 Å². The summed E-state index contributed by atoms with van der Waals surface area (Å²) in [7, 11) is -2.51. The first-order valence-corrected chi connectivity index (χ1v) is 8.97. The van der Waals surface area contributed by atoms with Crippen molar-refractivity contribution in [2.45, 2.75) is 60.3 Å². The van der Waals surface area contributed by atoms with Crippen molar-refractivity contribution in [3.05, 3.63) is 28.8 Å². The zero-order valence-corrected chi connectivity index (χ0v) is 16.0. The molecular weight excluding hydrogens is 315 g/mol. The van der Waals surface area contributed by atoms with E-state index in [0.29, 0.717) is 12.4 Å². The highest BCUT2D eigenvalue weighted by Gasteiger charge is 2.31. The predicted molar refractivity (Wildman–Crippen MR) is 93.5 cm³/mol. The van der Waals surface area contributed by atoms with Crippen molar-refractivity contribution < 1.29 is 23.8 Å². The number of hydrogen-bond donors (Lipinski definition) is 2. The lowest BCUT2D eigenvalue weighted by Gasteiger charge is -2.28. The Morgan fingerprint density at radius 3 is 2.26 bits per heavy atom. The van der Waals surface area contributed by atoms with Crippen molar-refractivity contribution in [2.24, 2.45) is 0 Å². The second kappa shape index (κ2) is 9.86. The molecule has 132 valence electrons. The maximum absolute atomic E-state index is 11.8. The predicted octanol–water partition coefficient (Wildman–Crippen LogP) is 4.15. The Labute approximate surface area is 140 Å². The molecule has 0 bridgehead atoms. The average molecular weight is 344 g/mol. The highest BCUT2D eigenvalue weighted by atomic mass is 31.2. The first-order chi connectivity index (χ1) is 10.7. The van der Waals surface area contributed by atoms with Crippen LogP contribution < -0.4 is 4.52 Å². The van der Waals surface area contributed by atoms with Gasteiger partial charge in [-0.05, 0) is 38.0 Å². The molecule has 0 aromatic heterocycles. The minimum absolute atomic E-state index is 0.190. The van der Waals surface area contributed by atoms with E-state index in [9.17, 15) is 4.79 Å². The first-order valence-electron chi connectivity index (χ1n) is 7.80. The zero-order valence-electron chi connectivity index (χ0n) is 15.1. The zero-order chi connectivity index (χ0) is 18.2. The van der Waals surface area contributed by atoms with Gasteiger partial charge in [0.1, 0.15) is 5.75 Å². The SMILES string of the molecule is CC.CCOC(=O)CC(C)(C)c1c(C)cc(C)cc1OP(O)O. The van der Waals surface area contributed by atoms with Crippen LogP contribution in [0.3, 0.4) is 0 Å². The molecule has 0 heterocycles. The largest absolute Gasteiger partial charge is 0.466 e. The highest BCUT2D eigenvalue weighted by molar-refractivity contribution is 7.39. The van der Waals surface area contributed by atoms with Crippen molar-refractivity contribution in [3.63, 3.8) is 0 Å². The minimum atomic E-state index is -2.51. The standard InChI is InChI=1S/C15H23O5P.C2H6/c1-6-19-13(16)9-15(4,5)14-11(3)7-10(2)8-12(14)20-21(17)18;1-2/h7-8,17-18H,6,9H2,1-5H3;1-2H3. The average Bonchev–Trinajstić information content (AvgIpc) is 2.38. The number of ether oxygens (including phenoxy) is 1. The molecule has 0 unspecified atom stereocenters. The number of hydrogen-bond acceptors (Lipinski definition) is 5. The molecule has 0 fully saturated rings. The Hall–Kier alpha value is -1.16. The molecule has 5 nitrogen and oxygen atoms in total. The van der Waals surface area contributed by atoms with Crippen LogP contribution in [0, 0.1) is 13.8 Å². The van der Waals surface area contributed by atoms with Gasteiger partial charge in [-0.3, -0.25) is 4.79 Å². The summed E-state index contributed by atoms with van der Waals surface area (Å²) in [6.45, 7) is 13.7. The van der Waals surface area contributed by atoms with Crippen LogP contribution in [0.2, 0.25) is 0 Å². The Bertz CT molecular complexity index is 512. The van der Waals surface area contributed by atoms with Crippen LogP contribution in [0.1, 0.15) is 57.7 Å². The third-order valence-electron chi connectivity index (χ3n) is 3.19. The van der Waals surface area contributed by atoms with Gasteiger partial charge in [-0.1, -0.05) is 33.8 Å². The fraction of sp³-hybridized carbons (Fsp3) is 0.588. The third kappa shape index (κ3) is 6.86. The van der Waals surface area contributed by atoms with Crippen molar-refractivity contribution in [2.75, 3.05) is 6.61 Å². The van der Waals surface area contributed by atoms with Gasteiger partial charge in [0.05, 0.1) is 13.0 Å². The van der Waals surface area contributed by atoms with E-state index in [1.54, 1.807) is 13.0 Å². The fourth-order valence-corrected chi connectivity index (χ4v) is 2.94. The second-order valence-corrected chi connectivity index (χ2v) is 6.35. The van der Waals surface area contributed by atoms with Crippen LogP contribution in [-0.2, 0) is 14.9 Å². The normalized spacial score (nSPS) is 10.9. The lowest BCUT2D eigenvalue weighted by atomic mass is 9.78. The van der Waals surface area contributed by atoms with Gasteiger partial charge >= 0.3 is 14.6 Å². The molecular formula is C17H29O5P. The van der Waals surface area contributed by atoms with E-state index in [-0.39, 0.29) is 12.4 Å². The van der Waals surface area contributed by atoms with Crippen LogP contribution in [0.5, 0.6) is 5.75 Å². The summed E-state index contributed by atoms with van der Waals surface area (Å²) in [6, 6.07) is 3.73. The molecule has 1 aromatic carbocycles. The molecule has 1 rings (SSSR count). The molecule has 0 aliphatic rings. The van der Waals surface area contributed by atoms with Gasteiger partial charge in [-0.25, -0.2) is 0 Å². The van der Waals surface area contributed by atoms with E-state index >= 15 is 0 Å². The van der Waals surface area contributed by atoms with Crippen LogP contribution in [0.15, 0.2) is 12.1 Å². The molecule has 0 amide bonds. The Morgan fingerprint density at radius 1 is 1.22 bits per heavy atom. The number of rotatable bonds is 6. The van der Waals surface area contributed by atoms with Gasteiger partial charge < -0.3 is 19.0 Å². The summed E-state index contributed by atoms with van der Waals surface area (Å²) in [4.78, 5) is 30.1. The van der Waals surface area contributed by atoms with Crippen LogP contribution in [0.4, 0.5) is 0 Å². The Morgan fingerprint density at radius 2 is 1.78 bits per heavy atom. The van der Waals surface area contributed by atoms with Gasteiger partial charge in [0.15, 0.2) is 0 Å². The molecule has 0 saturated carbocycles. The summed E-state index contributed by atoms with van der Waals surface area (Å²) in [5.74, 6) is 0.113. The van der Waals surface area contributed by atoms with Crippen molar-refractivity contribution in [3.8, 4) is 5.75 Å². The van der Waals surface area contributed by atoms with E-state index in [1.165, 1.54) is 0 Å². The quantitative estimate of drug-likeness (QED) is 0.599. The first kappa shape index (κ1) is 21.8. The molecule has 23 heavy (non-hydrogen) atoms. The molecule has 1 aromatic rings. The number of esters is 1.